The van der Waals surface area contributed by atoms with Crippen LogP contribution in [0.15, 0.2) is 42.5 Å². The van der Waals surface area contributed by atoms with Crippen LogP contribution in [0.25, 0.3) is 0 Å². The Morgan fingerprint density at radius 2 is 1.62 bits per heavy atom. The fourth-order valence-electron chi connectivity index (χ4n) is 1.54. The number of hydrogen-bond acceptors (Lipinski definition) is 2. The number of halogens is 3. The lowest BCUT2D eigenvalue weighted by molar-refractivity contribution is 0.0977. The highest BCUT2D eigenvalue weighted by molar-refractivity contribution is 7.80. The molecule has 1 amide bonds. The Bertz CT molecular complexity index is 672. The second-order valence-electron chi connectivity index (χ2n) is 4.01. The third-order valence-electron chi connectivity index (χ3n) is 2.53. The van der Waals surface area contributed by atoms with E-state index >= 15 is 0 Å². The zero-order chi connectivity index (χ0) is 15.4. The first kappa shape index (κ1) is 15.7. The first-order valence-electron chi connectivity index (χ1n) is 5.79. The molecule has 0 aliphatic heterocycles. The number of rotatable bonds is 2. The summed E-state index contributed by atoms with van der Waals surface area (Å²) in [5, 5.41) is 6.00. The average molecular weight is 343 g/mol. The number of para-hydroxylation sites is 1. The largest absolute Gasteiger partial charge is 0.330 e. The number of nitrogens with one attached hydrogen (secondary N) is 2. The third kappa shape index (κ3) is 4.14. The lowest BCUT2D eigenvalue weighted by Gasteiger charge is -2.12. The molecule has 0 fully saturated rings. The second kappa shape index (κ2) is 6.85. The highest BCUT2D eigenvalue weighted by Gasteiger charge is 2.11. The summed E-state index contributed by atoms with van der Waals surface area (Å²) in [5.41, 5.74) is 0.691. The Hall–Kier alpha value is -1.69. The molecule has 0 atom stereocenters. The van der Waals surface area contributed by atoms with Crippen molar-refractivity contribution >= 4 is 52.1 Å². The highest BCUT2D eigenvalue weighted by atomic mass is 35.5. The molecule has 21 heavy (non-hydrogen) atoms. The van der Waals surface area contributed by atoms with Gasteiger partial charge in [-0.05, 0) is 48.6 Å². The minimum absolute atomic E-state index is 0.0410. The number of amides is 1. The molecule has 0 aromatic heterocycles. The van der Waals surface area contributed by atoms with E-state index < -0.39 is 11.7 Å². The lowest BCUT2D eigenvalue weighted by atomic mass is 10.2. The minimum Gasteiger partial charge on any atom is -0.330 e. The third-order valence-corrected chi connectivity index (χ3v) is 3.37. The molecule has 0 bridgehead atoms. The maximum absolute atomic E-state index is 12.8. The van der Waals surface area contributed by atoms with E-state index in [1.54, 1.807) is 18.2 Å². The van der Waals surface area contributed by atoms with Gasteiger partial charge in [-0.2, -0.15) is 0 Å². The van der Waals surface area contributed by atoms with E-state index in [0.29, 0.717) is 15.7 Å². The van der Waals surface area contributed by atoms with Crippen molar-refractivity contribution in [1.29, 1.82) is 0 Å². The van der Waals surface area contributed by atoms with E-state index in [-0.39, 0.29) is 10.7 Å². The van der Waals surface area contributed by atoms with Gasteiger partial charge in [0, 0.05) is 5.56 Å². The standard InChI is InChI=1S/C14H9Cl2FN2OS/c15-10-2-1-3-11(16)12(10)18-14(21)19-13(20)8-4-6-9(17)7-5-8/h1-7H,(H2,18,19,20,21). The summed E-state index contributed by atoms with van der Waals surface area (Å²) < 4.78 is 12.8. The summed E-state index contributed by atoms with van der Waals surface area (Å²) in [5.74, 6) is -0.884. The molecule has 2 aromatic carbocycles. The van der Waals surface area contributed by atoms with E-state index in [2.05, 4.69) is 10.6 Å². The van der Waals surface area contributed by atoms with Crippen LogP contribution in [0, 0.1) is 5.82 Å². The number of hydrogen-bond donors (Lipinski definition) is 2. The molecule has 2 rings (SSSR count). The van der Waals surface area contributed by atoms with Crippen molar-refractivity contribution in [2.45, 2.75) is 0 Å². The topological polar surface area (TPSA) is 41.1 Å². The van der Waals surface area contributed by atoms with Crippen LogP contribution in [0.3, 0.4) is 0 Å². The number of benzene rings is 2. The van der Waals surface area contributed by atoms with E-state index in [1.807, 2.05) is 0 Å². The molecule has 0 radical (unpaired) electrons. The molecule has 2 N–H and O–H groups in total. The van der Waals surface area contributed by atoms with Gasteiger partial charge in [-0.3, -0.25) is 10.1 Å². The smallest absolute Gasteiger partial charge is 0.257 e. The van der Waals surface area contributed by atoms with Crippen molar-refractivity contribution < 1.29 is 9.18 Å². The monoisotopic (exact) mass is 342 g/mol. The molecule has 0 aliphatic carbocycles. The molecule has 0 heterocycles. The molecule has 3 nitrogen and oxygen atoms in total. The molecule has 0 saturated carbocycles. The molecule has 0 saturated heterocycles. The van der Waals surface area contributed by atoms with Crippen LogP contribution in [0.5, 0.6) is 0 Å². The molecule has 108 valence electrons. The van der Waals surface area contributed by atoms with Gasteiger partial charge in [0.2, 0.25) is 0 Å². The van der Waals surface area contributed by atoms with Crippen LogP contribution in [-0.2, 0) is 0 Å². The van der Waals surface area contributed by atoms with Crippen molar-refractivity contribution in [3.8, 4) is 0 Å². The first-order chi connectivity index (χ1) is 9.97. The van der Waals surface area contributed by atoms with Crippen LogP contribution >= 0.6 is 35.4 Å². The van der Waals surface area contributed by atoms with Gasteiger partial charge >= 0.3 is 0 Å². The Morgan fingerprint density at radius 1 is 1.05 bits per heavy atom. The van der Waals surface area contributed by atoms with Gasteiger partial charge in [0.15, 0.2) is 5.11 Å². The number of carbonyl (C=O) groups is 1. The van der Waals surface area contributed by atoms with Crippen LogP contribution in [0.4, 0.5) is 10.1 Å². The summed E-state index contributed by atoms with van der Waals surface area (Å²) in [6.07, 6.45) is 0. The van der Waals surface area contributed by atoms with Crippen molar-refractivity contribution in [2.24, 2.45) is 0 Å². The van der Waals surface area contributed by atoms with Crippen LogP contribution in [0.1, 0.15) is 10.4 Å². The summed E-state index contributed by atoms with van der Waals surface area (Å²) in [4.78, 5) is 11.9. The highest BCUT2D eigenvalue weighted by Crippen LogP contribution is 2.29. The van der Waals surface area contributed by atoms with Gasteiger partial charge in [0.1, 0.15) is 5.82 Å². The molecule has 0 aliphatic rings. The summed E-state index contributed by atoms with van der Waals surface area (Å²) >= 11 is 17.0. The summed E-state index contributed by atoms with van der Waals surface area (Å²) in [6, 6.07) is 10.1. The fourth-order valence-corrected chi connectivity index (χ4v) is 2.23. The molecule has 2 aromatic rings. The normalized spacial score (nSPS) is 10.0. The van der Waals surface area contributed by atoms with Gasteiger partial charge in [-0.25, -0.2) is 4.39 Å². The van der Waals surface area contributed by atoms with Gasteiger partial charge in [-0.1, -0.05) is 29.3 Å². The Labute approximate surface area is 136 Å². The summed E-state index contributed by atoms with van der Waals surface area (Å²) in [7, 11) is 0. The lowest BCUT2D eigenvalue weighted by Crippen LogP contribution is -2.34. The van der Waals surface area contributed by atoms with Crippen LogP contribution in [-0.4, -0.2) is 11.0 Å². The average Bonchev–Trinajstić information content (AvgIpc) is 2.43. The number of thiocarbonyl (C=S) groups is 1. The fraction of sp³-hybridized carbons (Fsp3) is 0. The van der Waals surface area contributed by atoms with Gasteiger partial charge in [0.05, 0.1) is 15.7 Å². The summed E-state index contributed by atoms with van der Waals surface area (Å²) in [6.45, 7) is 0. The van der Waals surface area contributed by atoms with E-state index in [4.69, 9.17) is 35.4 Å². The zero-order valence-corrected chi connectivity index (χ0v) is 12.8. The Kier molecular flexibility index (Phi) is 5.12. The van der Waals surface area contributed by atoms with Crippen molar-refractivity contribution in [2.75, 3.05) is 5.32 Å². The van der Waals surface area contributed by atoms with Gasteiger partial charge in [0.25, 0.3) is 5.91 Å². The Morgan fingerprint density at radius 3 is 2.19 bits per heavy atom. The SMILES string of the molecule is O=C(NC(=S)Nc1c(Cl)cccc1Cl)c1ccc(F)cc1. The first-order valence-corrected chi connectivity index (χ1v) is 6.95. The van der Waals surface area contributed by atoms with E-state index in [0.717, 1.165) is 0 Å². The molecule has 0 spiro atoms. The van der Waals surface area contributed by atoms with E-state index in [1.165, 1.54) is 24.3 Å². The van der Waals surface area contributed by atoms with Crippen LogP contribution in [0.2, 0.25) is 10.0 Å². The quantitative estimate of drug-likeness (QED) is 0.801. The maximum Gasteiger partial charge on any atom is 0.257 e. The maximum atomic E-state index is 12.8. The van der Waals surface area contributed by atoms with Crippen molar-refractivity contribution in [3.63, 3.8) is 0 Å². The van der Waals surface area contributed by atoms with Crippen LogP contribution < -0.4 is 10.6 Å². The van der Waals surface area contributed by atoms with Crippen molar-refractivity contribution in [3.05, 3.63) is 63.9 Å². The zero-order valence-electron chi connectivity index (χ0n) is 10.5. The predicted octanol–water partition coefficient (Wildman–Crippen LogP) is 4.26. The predicted molar refractivity (Wildman–Crippen MR) is 86.5 cm³/mol. The van der Waals surface area contributed by atoms with Gasteiger partial charge < -0.3 is 5.32 Å². The second-order valence-corrected chi connectivity index (χ2v) is 5.23. The molecule has 7 heteroatoms. The Balaban J connectivity index is 2.05. The molecule has 0 unspecified atom stereocenters. The molecular formula is C14H9Cl2FN2OS. The van der Waals surface area contributed by atoms with E-state index in [9.17, 15) is 9.18 Å². The molecular weight excluding hydrogens is 334 g/mol. The number of carbonyl (C=O) groups excluding carboxylic acids is 1. The van der Waals surface area contributed by atoms with Gasteiger partial charge in [-0.15, -0.1) is 0 Å². The minimum atomic E-state index is -0.462. The number of anilines is 1. The van der Waals surface area contributed by atoms with Crippen molar-refractivity contribution in [1.82, 2.24) is 5.32 Å².